The van der Waals surface area contributed by atoms with Crippen LogP contribution in [-0.4, -0.2) is 43.3 Å². The van der Waals surface area contributed by atoms with Crippen LogP contribution in [0.3, 0.4) is 0 Å². The molecule has 2 N–H and O–H groups in total. The van der Waals surface area contributed by atoms with Crippen LogP contribution < -0.4 is 5.73 Å². The summed E-state index contributed by atoms with van der Waals surface area (Å²) in [7, 11) is 1.77. The summed E-state index contributed by atoms with van der Waals surface area (Å²) < 4.78 is 5.22. The van der Waals surface area contributed by atoms with Gasteiger partial charge in [-0.1, -0.05) is 13.8 Å². The van der Waals surface area contributed by atoms with Crippen LogP contribution >= 0.6 is 0 Å². The molecule has 96 valence electrons. The molecule has 1 atom stereocenters. The molecule has 0 radical (unpaired) electrons. The Kier molecular flexibility index (Phi) is 5.22. The lowest BCUT2D eigenvalue weighted by Gasteiger charge is -2.55. The quantitative estimate of drug-likeness (QED) is 0.723. The standard InChI is InChI=1S/C13H28N2O/c1-5-12(3)15(6-7-16-4)13(10-14)8-11(2)9-13/h11-12H,5-10,14H2,1-4H3. The Labute approximate surface area is 100 Å². The third-order valence-corrected chi connectivity index (χ3v) is 4.11. The molecule has 1 rings (SSSR count). The van der Waals surface area contributed by atoms with Gasteiger partial charge in [0.2, 0.25) is 0 Å². The maximum atomic E-state index is 6.01. The zero-order chi connectivity index (χ0) is 12.2. The van der Waals surface area contributed by atoms with Crippen LogP contribution in [0.1, 0.15) is 40.0 Å². The molecular weight excluding hydrogens is 200 g/mol. The van der Waals surface area contributed by atoms with Gasteiger partial charge in [-0.25, -0.2) is 0 Å². The monoisotopic (exact) mass is 228 g/mol. The van der Waals surface area contributed by atoms with Crippen molar-refractivity contribution in [1.82, 2.24) is 4.90 Å². The highest BCUT2D eigenvalue weighted by molar-refractivity contribution is 5.03. The first-order valence-corrected chi connectivity index (χ1v) is 6.55. The lowest BCUT2D eigenvalue weighted by Crippen LogP contribution is -2.64. The van der Waals surface area contributed by atoms with Crippen molar-refractivity contribution in [2.45, 2.75) is 51.6 Å². The van der Waals surface area contributed by atoms with Crippen molar-refractivity contribution in [3.8, 4) is 0 Å². The Balaban J connectivity index is 2.66. The Morgan fingerprint density at radius 3 is 2.50 bits per heavy atom. The molecule has 0 aromatic heterocycles. The van der Waals surface area contributed by atoms with Crippen molar-refractivity contribution in [2.75, 3.05) is 26.8 Å². The topological polar surface area (TPSA) is 38.5 Å². The van der Waals surface area contributed by atoms with Crippen LogP contribution in [-0.2, 0) is 4.74 Å². The fourth-order valence-electron chi connectivity index (χ4n) is 3.09. The van der Waals surface area contributed by atoms with Crippen LogP contribution in [0, 0.1) is 5.92 Å². The molecular formula is C13H28N2O. The molecule has 1 saturated carbocycles. The number of hydrogen-bond acceptors (Lipinski definition) is 3. The van der Waals surface area contributed by atoms with Crippen molar-refractivity contribution < 1.29 is 4.74 Å². The van der Waals surface area contributed by atoms with Crippen LogP contribution in [0.4, 0.5) is 0 Å². The molecule has 0 heterocycles. The summed E-state index contributed by atoms with van der Waals surface area (Å²) in [5, 5.41) is 0. The van der Waals surface area contributed by atoms with Gasteiger partial charge in [-0.3, -0.25) is 4.90 Å². The van der Waals surface area contributed by atoms with Crippen LogP contribution in [0.15, 0.2) is 0 Å². The number of rotatable bonds is 7. The Hall–Kier alpha value is -0.120. The predicted molar refractivity (Wildman–Crippen MR) is 68.5 cm³/mol. The van der Waals surface area contributed by atoms with Gasteiger partial charge in [0.05, 0.1) is 6.61 Å². The Morgan fingerprint density at radius 2 is 2.12 bits per heavy atom. The summed E-state index contributed by atoms with van der Waals surface area (Å²) >= 11 is 0. The molecule has 3 nitrogen and oxygen atoms in total. The van der Waals surface area contributed by atoms with E-state index in [1.807, 2.05) is 0 Å². The highest BCUT2D eigenvalue weighted by Crippen LogP contribution is 2.42. The normalized spacial score (nSPS) is 31.5. The van der Waals surface area contributed by atoms with Gasteiger partial charge in [0.15, 0.2) is 0 Å². The smallest absolute Gasteiger partial charge is 0.0590 e. The van der Waals surface area contributed by atoms with Crippen molar-refractivity contribution >= 4 is 0 Å². The molecule has 0 amide bonds. The summed E-state index contributed by atoms with van der Waals surface area (Å²) in [6.07, 6.45) is 3.68. The molecule has 1 fully saturated rings. The third kappa shape index (κ3) is 2.76. The molecule has 1 aliphatic rings. The van der Waals surface area contributed by atoms with Gasteiger partial charge in [0, 0.05) is 31.8 Å². The maximum Gasteiger partial charge on any atom is 0.0590 e. The van der Waals surface area contributed by atoms with Crippen molar-refractivity contribution in [3.05, 3.63) is 0 Å². The van der Waals surface area contributed by atoms with Crippen molar-refractivity contribution in [2.24, 2.45) is 11.7 Å². The van der Waals surface area contributed by atoms with E-state index in [4.69, 9.17) is 10.5 Å². The highest BCUT2D eigenvalue weighted by atomic mass is 16.5. The second-order valence-corrected chi connectivity index (χ2v) is 5.39. The van der Waals surface area contributed by atoms with E-state index in [0.717, 1.165) is 25.6 Å². The number of ether oxygens (including phenoxy) is 1. The van der Waals surface area contributed by atoms with Gasteiger partial charge >= 0.3 is 0 Å². The molecule has 0 saturated heterocycles. The molecule has 0 bridgehead atoms. The average molecular weight is 228 g/mol. The van der Waals surface area contributed by atoms with Crippen LogP contribution in [0.5, 0.6) is 0 Å². The molecule has 0 spiro atoms. The van der Waals surface area contributed by atoms with E-state index < -0.39 is 0 Å². The van der Waals surface area contributed by atoms with E-state index in [9.17, 15) is 0 Å². The molecule has 1 aliphatic carbocycles. The van der Waals surface area contributed by atoms with Gasteiger partial charge in [-0.05, 0) is 32.1 Å². The van der Waals surface area contributed by atoms with Crippen LogP contribution in [0.25, 0.3) is 0 Å². The predicted octanol–water partition coefficient (Wildman–Crippen LogP) is 1.86. The number of hydrogen-bond donors (Lipinski definition) is 1. The first-order chi connectivity index (χ1) is 7.59. The summed E-state index contributed by atoms with van der Waals surface area (Å²) in [5.41, 5.74) is 6.27. The zero-order valence-electron chi connectivity index (χ0n) is 11.3. The minimum absolute atomic E-state index is 0.257. The fraction of sp³-hybridized carbons (Fsp3) is 1.00. The minimum atomic E-state index is 0.257. The van der Waals surface area contributed by atoms with Gasteiger partial charge in [-0.15, -0.1) is 0 Å². The van der Waals surface area contributed by atoms with E-state index in [1.165, 1.54) is 19.3 Å². The minimum Gasteiger partial charge on any atom is -0.383 e. The number of methoxy groups -OCH3 is 1. The molecule has 3 heteroatoms. The maximum absolute atomic E-state index is 6.01. The lowest BCUT2D eigenvalue weighted by atomic mass is 9.67. The van der Waals surface area contributed by atoms with E-state index in [-0.39, 0.29) is 5.54 Å². The molecule has 0 aromatic carbocycles. The van der Waals surface area contributed by atoms with E-state index in [1.54, 1.807) is 7.11 Å². The van der Waals surface area contributed by atoms with Gasteiger partial charge in [0.1, 0.15) is 0 Å². The van der Waals surface area contributed by atoms with E-state index in [0.29, 0.717) is 6.04 Å². The summed E-state index contributed by atoms with van der Waals surface area (Å²) in [6.45, 7) is 9.47. The highest BCUT2D eigenvalue weighted by Gasteiger charge is 2.46. The number of nitrogens with zero attached hydrogens (tertiary/aromatic N) is 1. The van der Waals surface area contributed by atoms with E-state index >= 15 is 0 Å². The second-order valence-electron chi connectivity index (χ2n) is 5.39. The Morgan fingerprint density at radius 1 is 1.50 bits per heavy atom. The average Bonchev–Trinajstić information content (AvgIpc) is 2.25. The van der Waals surface area contributed by atoms with Gasteiger partial charge in [0.25, 0.3) is 0 Å². The summed E-state index contributed by atoms with van der Waals surface area (Å²) in [4.78, 5) is 2.58. The Bertz CT molecular complexity index is 202. The van der Waals surface area contributed by atoms with Crippen molar-refractivity contribution in [3.63, 3.8) is 0 Å². The van der Waals surface area contributed by atoms with Crippen molar-refractivity contribution in [1.29, 1.82) is 0 Å². The first-order valence-electron chi connectivity index (χ1n) is 6.55. The largest absolute Gasteiger partial charge is 0.383 e. The fourth-order valence-corrected chi connectivity index (χ4v) is 3.09. The zero-order valence-corrected chi connectivity index (χ0v) is 11.3. The molecule has 0 aliphatic heterocycles. The first kappa shape index (κ1) is 13.9. The van der Waals surface area contributed by atoms with Crippen LogP contribution in [0.2, 0.25) is 0 Å². The molecule has 16 heavy (non-hydrogen) atoms. The molecule has 1 unspecified atom stereocenters. The molecule has 0 aromatic rings. The third-order valence-electron chi connectivity index (χ3n) is 4.11. The van der Waals surface area contributed by atoms with Gasteiger partial charge in [-0.2, -0.15) is 0 Å². The van der Waals surface area contributed by atoms with Gasteiger partial charge < -0.3 is 10.5 Å². The summed E-state index contributed by atoms with van der Waals surface area (Å²) in [5.74, 6) is 0.831. The van der Waals surface area contributed by atoms with E-state index in [2.05, 4.69) is 25.7 Å². The second kappa shape index (κ2) is 5.99. The number of nitrogens with two attached hydrogens (primary N) is 1. The lowest BCUT2D eigenvalue weighted by molar-refractivity contribution is -0.0486. The SMILES string of the molecule is CCC(C)N(CCOC)C1(CN)CC(C)C1. The summed E-state index contributed by atoms with van der Waals surface area (Å²) in [6, 6.07) is 0.603.